The smallest absolute Gasteiger partial charge is 0.326 e. The van der Waals surface area contributed by atoms with Gasteiger partial charge in [-0.3, -0.25) is 9.69 Å². The van der Waals surface area contributed by atoms with Gasteiger partial charge in [0.25, 0.3) is 5.91 Å². The number of ether oxygens (including phenoxy) is 2. The fraction of sp³-hybridized carbons (Fsp3) is 0.500. The van der Waals surface area contributed by atoms with Gasteiger partial charge in [-0.1, -0.05) is 69.1 Å². The highest BCUT2D eigenvalue weighted by atomic mass is 32.2. The van der Waals surface area contributed by atoms with Gasteiger partial charge in [-0.15, -0.1) is 0 Å². The summed E-state index contributed by atoms with van der Waals surface area (Å²) in [6, 6.07) is 4.45. The largest absolute Gasteiger partial charge is 0.493 e. The number of unbranched alkanes of at least 4 members (excludes halogenated alkanes) is 5. The molecule has 1 heterocycles. The van der Waals surface area contributed by atoms with Crippen LogP contribution in [0.15, 0.2) is 23.1 Å². The molecule has 1 aliphatic heterocycles. The zero-order valence-electron chi connectivity index (χ0n) is 17.7. The summed E-state index contributed by atoms with van der Waals surface area (Å²) in [7, 11) is 1.57. The van der Waals surface area contributed by atoms with Crippen molar-refractivity contribution in [1.29, 1.82) is 0 Å². The summed E-state index contributed by atoms with van der Waals surface area (Å²) in [6.45, 7) is 4.28. The number of rotatable bonds is 12. The van der Waals surface area contributed by atoms with Gasteiger partial charge in [0.15, 0.2) is 11.5 Å². The van der Waals surface area contributed by atoms with Crippen molar-refractivity contribution < 1.29 is 24.2 Å². The van der Waals surface area contributed by atoms with Crippen LogP contribution in [-0.4, -0.2) is 46.0 Å². The Morgan fingerprint density at radius 3 is 2.60 bits per heavy atom. The molecular weight excluding hydrogens is 422 g/mol. The third kappa shape index (κ3) is 6.47. The minimum atomic E-state index is -1.10. The number of nitrogens with zero attached hydrogens (tertiary/aromatic N) is 1. The fourth-order valence-electron chi connectivity index (χ4n) is 3.03. The molecule has 0 aliphatic carbocycles. The van der Waals surface area contributed by atoms with Crippen molar-refractivity contribution in [1.82, 2.24) is 4.90 Å². The lowest BCUT2D eigenvalue weighted by Gasteiger charge is -2.18. The number of thioether (sulfide) groups is 1. The predicted molar refractivity (Wildman–Crippen MR) is 124 cm³/mol. The highest BCUT2D eigenvalue weighted by Crippen LogP contribution is 2.35. The molecule has 2 rings (SSSR count). The number of thiocarbonyl (C=S) groups is 1. The molecule has 1 aromatic rings. The number of carboxylic acids is 1. The molecule has 1 fully saturated rings. The van der Waals surface area contributed by atoms with Crippen LogP contribution in [0.4, 0.5) is 0 Å². The average Bonchev–Trinajstić information content (AvgIpc) is 3.00. The Morgan fingerprint density at radius 1 is 1.23 bits per heavy atom. The van der Waals surface area contributed by atoms with Crippen LogP contribution in [0.3, 0.4) is 0 Å². The van der Waals surface area contributed by atoms with E-state index in [4.69, 9.17) is 21.7 Å². The molecule has 1 amide bonds. The minimum absolute atomic E-state index is 0.243. The van der Waals surface area contributed by atoms with Gasteiger partial charge in [-0.25, -0.2) is 4.79 Å². The molecule has 1 aromatic carbocycles. The Hall–Kier alpha value is -2.06. The topological polar surface area (TPSA) is 76.1 Å². The monoisotopic (exact) mass is 451 g/mol. The second-order valence-corrected chi connectivity index (χ2v) is 8.77. The summed E-state index contributed by atoms with van der Waals surface area (Å²) in [6.07, 6.45) is 8.86. The average molecular weight is 452 g/mol. The van der Waals surface area contributed by atoms with E-state index in [2.05, 4.69) is 6.92 Å². The second kappa shape index (κ2) is 12.0. The van der Waals surface area contributed by atoms with Crippen molar-refractivity contribution in [2.24, 2.45) is 0 Å². The first-order valence-corrected chi connectivity index (χ1v) is 11.4. The summed E-state index contributed by atoms with van der Waals surface area (Å²) in [4.78, 5) is 25.3. The number of carbonyl (C=O) groups excluding carboxylic acids is 1. The van der Waals surface area contributed by atoms with Crippen molar-refractivity contribution in [2.75, 3.05) is 13.7 Å². The van der Waals surface area contributed by atoms with E-state index in [1.807, 2.05) is 12.1 Å². The van der Waals surface area contributed by atoms with Gasteiger partial charge in [-0.05, 0) is 37.1 Å². The number of hydrogen-bond acceptors (Lipinski definition) is 6. The van der Waals surface area contributed by atoms with E-state index in [-0.39, 0.29) is 4.32 Å². The molecule has 1 atom stereocenters. The first-order valence-electron chi connectivity index (χ1n) is 10.2. The first kappa shape index (κ1) is 24.2. The van der Waals surface area contributed by atoms with Crippen LogP contribution in [0.2, 0.25) is 0 Å². The Balaban J connectivity index is 2.01. The van der Waals surface area contributed by atoms with E-state index in [1.54, 1.807) is 19.3 Å². The molecule has 1 unspecified atom stereocenters. The molecule has 0 radical (unpaired) electrons. The number of carbonyl (C=O) groups is 2. The van der Waals surface area contributed by atoms with Gasteiger partial charge >= 0.3 is 5.97 Å². The van der Waals surface area contributed by atoms with Crippen molar-refractivity contribution >= 4 is 46.3 Å². The molecular formula is C22H29NO5S2. The molecule has 164 valence electrons. The third-order valence-electron chi connectivity index (χ3n) is 4.81. The van der Waals surface area contributed by atoms with Crippen LogP contribution >= 0.6 is 24.0 Å². The number of carboxylic acid groups (broad SMARTS) is 1. The maximum atomic E-state index is 12.6. The lowest BCUT2D eigenvalue weighted by Crippen LogP contribution is -2.41. The van der Waals surface area contributed by atoms with Gasteiger partial charge in [0.1, 0.15) is 10.4 Å². The highest BCUT2D eigenvalue weighted by molar-refractivity contribution is 8.26. The summed E-state index contributed by atoms with van der Waals surface area (Å²) in [5.41, 5.74) is 0.752. The number of methoxy groups -OCH3 is 1. The normalized spacial score (nSPS) is 16.2. The van der Waals surface area contributed by atoms with Crippen molar-refractivity contribution in [3.8, 4) is 11.5 Å². The number of benzene rings is 1. The molecule has 0 bridgehead atoms. The van der Waals surface area contributed by atoms with Crippen molar-refractivity contribution in [3.63, 3.8) is 0 Å². The van der Waals surface area contributed by atoms with Gasteiger partial charge < -0.3 is 14.6 Å². The van der Waals surface area contributed by atoms with E-state index in [0.29, 0.717) is 23.0 Å². The van der Waals surface area contributed by atoms with Crippen LogP contribution in [0.25, 0.3) is 6.08 Å². The fourth-order valence-corrected chi connectivity index (χ4v) is 4.45. The van der Waals surface area contributed by atoms with Gasteiger partial charge in [0, 0.05) is 0 Å². The lowest BCUT2D eigenvalue weighted by atomic mass is 10.1. The molecule has 1 saturated heterocycles. The van der Waals surface area contributed by atoms with Gasteiger partial charge in [0.2, 0.25) is 0 Å². The molecule has 1 aliphatic rings. The van der Waals surface area contributed by atoms with Crippen molar-refractivity contribution in [2.45, 2.75) is 58.4 Å². The molecule has 0 saturated carbocycles. The Bertz CT molecular complexity index is 809. The third-order valence-corrected chi connectivity index (χ3v) is 6.14. The molecule has 0 aromatic heterocycles. The molecule has 1 N–H and O–H groups in total. The first-order chi connectivity index (χ1) is 14.4. The number of amides is 1. The molecule has 6 nitrogen and oxygen atoms in total. The standard InChI is InChI=1S/C22H29NO5S2/c1-4-5-6-7-8-9-12-28-17-11-10-16(13-18(17)27-3)14-19-20(24)23(22(29)30-19)15(2)21(25)26/h10-11,13-15H,4-9,12H2,1-3H3,(H,25,26). The molecule has 8 heteroatoms. The van der Waals surface area contributed by atoms with E-state index >= 15 is 0 Å². The number of aliphatic carboxylic acids is 1. The number of hydrogen-bond donors (Lipinski definition) is 1. The Labute approximate surface area is 187 Å². The lowest BCUT2D eigenvalue weighted by molar-refractivity contribution is -0.144. The second-order valence-electron chi connectivity index (χ2n) is 7.09. The Kier molecular flexibility index (Phi) is 9.65. The van der Waals surface area contributed by atoms with Crippen LogP contribution in [-0.2, 0) is 9.59 Å². The van der Waals surface area contributed by atoms with Crippen LogP contribution in [0, 0.1) is 0 Å². The zero-order chi connectivity index (χ0) is 22.1. The quantitative estimate of drug-likeness (QED) is 0.269. The maximum absolute atomic E-state index is 12.6. The summed E-state index contributed by atoms with van der Waals surface area (Å²) in [5, 5.41) is 9.18. The predicted octanol–water partition coefficient (Wildman–Crippen LogP) is 5.11. The summed E-state index contributed by atoms with van der Waals surface area (Å²) in [5.74, 6) is -0.247. The van der Waals surface area contributed by atoms with Gasteiger partial charge in [0.05, 0.1) is 18.6 Å². The van der Waals surface area contributed by atoms with E-state index in [9.17, 15) is 14.7 Å². The SMILES string of the molecule is CCCCCCCCOc1ccc(C=C2SC(=S)N(C(C)C(=O)O)C2=O)cc1OC. The Morgan fingerprint density at radius 2 is 1.93 bits per heavy atom. The van der Waals surface area contributed by atoms with Crippen molar-refractivity contribution in [3.05, 3.63) is 28.7 Å². The summed E-state index contributed by atoms with van der Waals surface area (Å²) < 4.78 is 11.5. The zero-order valence-corrected chi connectivity index (χ0v) is 19.3. The van der Waals surface area contributed by atoms with Crippen LogP contribution < -0.4 is 9.47 Å². The molecule has 0 spiro atoms. The summed E-state index contributed by atoms with van der Waals surface area (Å²) >= 11 is 6.29. The highest BCUT2D eigenvalue weighted by Gasteiger charge is 2.38. The van der Waals surface area contributed by atoms with E-state index < -0.39 is 17.9 Å². The van der Waals surface area contributed by atoms with E-state index in [0.717, 1.165) is 35.1 Å². The van der Waals surface area contributed by atoms with Crippen LogP contribution in [0.5, 0.6) is 11.5 Å². The van der Waals surface area contributed by atoms with Crippen LogP contribution in [0.1, 0.15) is 57.9 Å². The van der Waals surface area contributed by atoms with Gasteiger partial charge in [-0.2, -0.15) is 0 Å². The maximum Gasteiger partial charge on any atom is 0.326 e. The molecule has 30 heavy (non-hydrogen) atoms. The minimum Gasteiger partial charge on any atom is -0.493 e. The van der Waals surface area contributed by atoms with E-state index in [1.165, 1.54) is 32.6 Å².